The molecule has 0 spiro atoms. The number of unbranched alkanes of at least 4 members (excludes halogenated alkanes) is 46. The van der Waals surface area contributed by atoms with E-state index in [9.17, 15) is 43.2 Å². The van der Waals surface area contributed by atoms with Crippen molar-refractivity contribution in [1.82, 2.24) is 0 Å². The number of carbonyl (C=O) groups is 4. The second-order valence-electron chi connectivity index (χ2n) is 31.9. The van der Waals surface area contributed by atoms with Crippen LogP contribution < -0.4 is 0 Å². The van der Waals surface area contributed by atoms with Crippen LogP contribution in [0.3, 0.4) is 0 Å². The molecule has 0 fully saturated rings. The maximum absolute atomic E-state index is 13.1. The van der Waals surface area contributed by atoms with Crippen molar-refractivity contribution in [2.75, 3.05) is 39.6 Å². The summed E-state index contributed by atoms with van der Waals surface area (Å²) in [5.74, 6) is 0.982. The van der Waals surface area contributed by atoms with Gasteiger partial charge in [0.2, 0.25) is 0 Å². The number of aliphatic hydroxyl groups is 1. The van der Waals surface area contributed by atoms with Crippen LogP contribution in [0.4, 0.5) is 0 Å². The number of ether oxygens (including phenoxy) is 4. The van der Waals surface area contributed by atoms with Crippen LogP contribution in [-0.4, -0.2) is 96.7 Å². The first kappa shape index (κ1) is 101. The first-order chi connectivity index (χ1) is 49.6. The van der Waals surface area contributed by atoms with Crippen molar-refractivity contribution >= 4 is 39.5 Å². The summed E-state index contributed by atoms with van der Waals surface area (Å²) in [7, 11) is -9.92. The first-order valence-electron chi connectivity index (χ1n) is 43.2. The molecule has 6 atom stereocenters. The van der Waals surface area contributed by atoms with Gasteiger partial charge in [0.05, 0.1) is 26.4 Å². The Labute approximate surface area is 632 Å². The Morgan fingerprint density at radius 2 is 0.466 bits per heavy atom. The van der Waals surface area contributed by atoms with Crippen molar-refractivity contribution in [3.05, 3.63) is 0 Å². The van der Waals surface area contributed by atoms with Gasteiger partial charge in [0, 0.05) is 25.7 Å². The van der Waals surface area contributed by atoms with E-state index in [1.807, 2.05) is 0 Å². The second-order valence-corrected chi connectivity index (χ2v) is 34.8. The number of rotatable bonds is 81. The average Bonchev–Trinajstić information content (AvgIpc) is 0.915. The molecule has 0 rings (SSSR count). The Balaban J connectivity index is 5.13. The number of phosphoric ester groups is 2. The molecule has 0 saturated carbocycles. The summed E-state index contributed by atoms with van der Waals surface area (Å²) in [6, 6.07) is 0. The van der Waals surface area contributed by atoms with Gasteiger partial charge in [-0.3, -0.25) is 37.3 Å². The zero-order valence-electron chi connectivity index (χ0n) is 68.0. The van der Waals surface area contributed by atoms with Crippen LogP contribution in [0.2, 0.25) is 0 Å². The number of hydrogen-bond donors (Lipinski definition) is 3. The highest BCUT2D eigenvalue weighted by Crippen LogP contribution is 2.45. The third-order valence-corrected chi connectivity index (χ3v) is 21.8. The van der Waals surface area contributed by atoms with Crippen molar-refractivity contribution < 1.29 is 80.2 Å². The van der Waals surface area contributed by atoms with E-state index >= 15 is 0 Å². The van der Waals surface area contributed by atoms with Gasteiger partial charge in [-0.05, 0) is 49.4 Å². The lowest BCUT2D eigenvalue weighted by Gasteiger charge is -2.21. The summed E-state index contributed by atoms with van der Waals surface area (Å²) >= 11 is 0. The van der Waals surface area contributed by atoms with E-state index < -0.39 is 97.5 Å². The number of hydrogen-bond acceptors (Lipinski definition) is 15. The Hall–Kier alpha value is -1.94. The van der Waals surface area contributed by atoms with Crippen LogP contribution in [0.1, 0.15) is 434 Å². The van der Waals surface area contributed by atoms with Crippen molar-refractivity contribution in [3.8, 4) is 0 Å². The van der Waals surface area contributed by atoms with Crippen LogP contribution in [0, 0.1) is 23.7 Å². The van der Waals surface area contributed by atoms with E-state index in [2.05, 4.69) is 55.4 Å². The van der Waals surface area contributed by atoms with Crippen molar-refractivity contribution in [3.63, 3.8) is 0 Å². The molecule has 0 aromatic rings. The van der Waals surface area contributed by atoms with E-state index in [-0.39, 0.29) is 25.7 Å². The molecular weight excluding hydrogens is 1340 g/mol. The minimum atomic E-state index is -4.96. The summed E-state index contributed by atoms with van der Waals surface area (Å²) in [4.78, 5) is 73.0. The van der Waals surface area contributed by atoms with Crippen LogP contribution in [0.5, 0.6) is 0 Å². The van der Waals surface area contributed by atoms with E-state index in [1.165, 1.54) is 231 Å². The Morgan fingerprint density at radius 1 is 0.272 bits per heavy atom. The van der Waals surface area contributed by atoms with E-state index in [0.29, 0.717) is 31.6 Å². The molecular formula is C84H164O17P2. The predicted molar refractivity (Wildman–Crippen MR) is 423 cm³/mol. The van der Waals surface area contributed by atoms with Crippen molar-refractivity contribution in [1.29, 1.82) is 0 Å². The largest absolute Gasteiger partial charge is 0.472 e. The zero-order valence-corrected chi connectivity index (χ0v) is 69.7. The third kappa shape index (κ3) is 76.6. The molecule has 0 aliphatic heterocycles. The number of phosphoric acid groups is 2. The summed E-state index contributed by atoms with van der Waals surface area (Å²) in [5, 5.41) is 10.6. The molecule has 0 saturated heterocycles. The summed E-state index contributed by atoms with van der Waals surface area (Å²) in [5.41, 5.74) is 0. The summed E-state index contributed by atoms with van der Waals surface area (Å²) in [6.45, 7) is 14.2. The number of aliphatic hydroxyl groups excluding tert-OH is 1. The van der Waals surface area contributed by atoms with Crippen LogP contribution in [-0.2, 0) is 65.4 Å². The monoisotopic (exact) mass is 1510 g/mol. The molecule has 612 valence electrons. The van der Waals surface area contributed by atoms with E-state index in [4.69, 9.17) is 37.0 Å². The van der Waals surface area contributed by atoms with Crippen LogP contribution >= 0.6 is 15.6 Å². The molecule has 3 unspecified atom stereocenters. The smallest absolute Gasteiger partial charge is 0.462 e. The Bertz CT molecular complexity index is 2010. The number of esters is 4. The van der Waals surface area contributed by atoms with Gasteiger partial charge in [-0.25, -0.2) is 9.13 Å². The first-order valence-corrected chi connectivity index (χ1v) is 46.2. The summed E-state index contributed by atoms with van der Waals surface area (Å²) in [6.07, 6.45) is 61.4. The molecule has 0 bridgehead atoms. The van der Waals surface area contributed by atoms with Crippen molar-refractivity contribution in [2.45, 2.75) is 453 Å². The molecule has 0 radical (unpaired) electrons. The van der Waals surface area contributed by atoms with Crippen molar-refractivity contribution in [2.24, 2.45) is 23.7 Å². The maximum Gasteiger partial charge on any atom is 0.472 e. The minimum Gasteiger partial charge on any atom is -0.462 e. The molecule has 0 aliphatic rings. The quantitative estimate of drug-likeness (QED) is 0.0222. The highest BCUT2D eigenvalue weighted by atomic mass is 31.2. The second kappa shape index (κ2) is 72.9. The van der Waals surface area contributed by atoms with Gasteiger partial charge in [-0.2, -0.15) is 0 Å². The van der Waals surface area contributed by atoms with Crippen LogP contribution in [0.15, 0.2) is 0 Å². The lowest BCUT2D eigenvalue weighted by molar-refractivity contribution is -0.161. The Morgan fingerprint density at radius 3 is 0.689 bits per heavy atom. The highest BCUT2D eigenvalue weighted by molar-refractivity contribution is 7.47. The topological polar surface area (TPSA) is 237 Å². The van der Waals surface area contributed by atoms with E-state index in [0.717, 1.165) is 114 Å². The lowest BCUT2D eigenvalue weighted by atomic mass is 9.99. The minimum absolute atomic E-state index is 0.107. The lowest BCUT2D eigenvalue weighted by Crippen LogP contribution is -2.30. The van der Waals surface area contributed by atoms with Gasteiger partial charge in [0.25, 0.3) is 0 Å². The number of carbonyl (C=O) groups excluding carboxylic acids is 4. The fourth-order valence-corrected chi connectivity index (χ4v) is 14.5. The predicted octanol–water partition coefficient (Wildman–Crippen LogP) is 25.2. The molecule has 0 aliphatic carbocycles. The van der Waals surface area contributed by atoms with Gasteiger partial charge in [0.15, 0.2) is 12.2 Å². The van der Waals surface area contributed by atoms with Crippen LogP contribution in [0.25, 0.3) is 0 Å². The SMILES string of the molecule is CCC(C)CCCCCCCCCCCCCCCCCCCCC(=O)O[C@H](COC(=O)CCCCCCCCC(C)C)COP(=O)(O)OC[C@H](O)COP(=O)(O)OC[C@@H](COC(=O)CCCCCCCCCCC(C)C)OC(=O)CCCCCCCCCCCCCCCCCCCCC(C)C. The van der Waals surface area contributed by atoms with Gasteiger partial charge < -0.3 is 33.8 Å². The maximum atomic E-state index is 13.1. The molecule has 0 aromatic heterocycles. The third-order valence-electron chi connectivity index (χ3n) is 19.9. The molecule has 0 heterocycles. The van der Waals surface area contributed by atoms with Gasteiger partial charge in [-0.15, -0.1) is 0 Å². The summed E-state index contributed by atoms with van der Waals surface area (Å²) < 4.78 is 68.7. The molecule has 3 N–H and O–H groups in total. The van der Waals surface area contributed by atoms with E-state index in [1.54, 1.807) is 0 Å². The average molecular weight is 1510 g/mol. The molecule has 0 aromatic carbocycles. The van der Waals surface area contributed by atoms with Gasteiger partial charge in [-0.1, -0.05) is 383 Å². The standard InChI is InChI=1S/C84H164O17P2/c1-9-77(8)63-55-47-38-31-27-23-19-15-11-13-17-21-25-29-33-41-51-59-67-84(89)101-80(71-95-82(87)65-57-49-43-42-46-54-62-76(6)7)73-99-103(92,93)97-69-78(85)68-96-102(90,91)98-72-79(70-94-81(86)64-56-48-39-35-34-37-45-53-61-75(4)5)100-83(88)66-58-50-40-32-28-24-20-16-12-10-14-18-22-26-30-36-44-52-60-74(2)3/h74-80,85H,9-73H2,1-8H3,(H,90,91)(H,92,93)/t77?,78-,79-,80-/m1/s1. The fraction of sp³-hybridized carbons (Fsp3) is 0.952. The van der Waals surface area contributed by atoms with Gasteiger partial charge >= 0.3 is 39.5 Å². The molecule has 19 heteroatoms. The van der Waals surface area contributed by atoms with Gasteiger partial charge in [0.1, 0.15) is 19.3 Å². The fourth-order valence-electron chi connectivity index (χ4n) is 12.9. The Kier molecular flexibility index (Phi) is 71.5. The molecule has 17 nitrogen and oxygen atoms in total. The molecule has 0 amide bonds. The normalized spacial score (nSPS) is 14.2. The highest BCUT2D eigenvalue weighted by Gasteiger charge is 2.30. The molecule has 103 heavy (non-hydrogen) atoms. The zero-order chi connectivity index (χ0) is 76.0.